The lowest BCUT2D eigenvalue weighted by Crippen LogP contribution is -2.30. The van der Waals surface area contributed by atoms with E-state index in [2.05, 4.69) is 5.32 Å². The van der Waals surface area contributed by atoms with Gasteiger partial charge in [-0.15, -0.1) is 0 Å². The van der Waals surface area contributed by atoms with E-state index < -0.39 is 0 Å². The van der Waals surface area contributed by atoms with Gasteiger partial charge in [-0.25, -0.2) is 0 Å². The maximum Gasteiger partial charge on any atom is 0.254 e. The minimum absolute atomic E-state index is 0.181. The Labute approximate surface area is 145 Å². The summed E-state index contributed by atoms with van der Waals surface area (Å²) in [6, 6.07) is 14.0. The van der Waals surface area contributed by atoms with Crippen molar-refractivity contribution in [3.63, 3.8) is 0 Å². The van der Waals surface area contributed by atoms with E-state index in [1.165, 1.54) is 6.92 Å². The molecule has 0 aliphatic rings. The van der Waals surface area contributed by atoms with Gasteiger partial charge in [0.1, 0.15) is 11.5 Å². The second-order valence-electron chi connectivity index (χ2n) is 5.58. The quantitative estimate of drug-likeness (QED) is 0.744. The van der Waals surface area contributed by atoms with E-state index in [1.54, 1.807) is 53.8 Å². The van der Waals surface area contributed by atoms with Crippen LogP contribution in [0.15, 0.2) is 69.9 Å². The lowest BCUT2D eigenvalue weighted by atomic mass is 10.1. The van der Waals surface area contributed by atoms with Gasteiger partial charge in [0.05, 0.1) is 25.6 Å². The molecule has 2 amide bonds. The molecule has 0 saturated carbocycles. The Balaban J connectivity index is 1.83. The summed E-state index contributed by atoms with van der Waals surface area (Å²) in [5, 5.41) is 2.68. The number of anilines is 1. The van der Waals surface area contributed by atoms with Gasteiger partial charge in [0.15, 0.2) is 0 Å². The number of rotatable bonds is 6. The van der Waals surface area contributed by atoms with Crippen LogP contribution in [0.3, 0.4) is 0 Å². The van der Waals surface area contributed by atoms with Gasteiger partial charge in [0.25, 0.3) is 5.91 Å². The molecule has 0 bridgehead atoms. The molecule has 25 heavy (non-hydrogen) atoms. The van der Waals surface area contributed by atoms with E-state index in [-0.39, 0.29) is 11.8 Å². The van der Waals surface area contributed by atoms with E-state index >= 15 is 0 Å². The molecule has 0 unspecified atom stereocenters. The first-order valence-corrected chi connectivity index (χ1v) is 7.83. The molecule has 0 spiro atoms. The first-order chi connectivity index (χ1) is 12.1. The average molecular weight is 338 g/mol. The molecule has 0 fully saturated rings. The average Bonchev–Trinajstić information content (AvgIpc) is 3.27. The molecule has 0 aliphatic carbocycles. The molecule has 0 atom stereocenters. The van der Waals surface area contributed by atoms with Crippen molar-refractivity contribution in [1.29, 1.82) is 0 Å². The van der Waals surface area contributed by atoms with Gasteiger partial charge in [-0.05, 0) is 42.5 Å². The maximum atomic E-state index is 13.0. The van der Waals surface area contributed by atoms with Crippen LogP contribution in [0.25, 0.3) is 0 Å². The molecule has 1 aromatic carbocycles. The smallest absolute Gasteiger partial charge is 0.254 e. The van der Waals surface area contributed by atoms with E-state index in [0.717, 1.165) is 0 Å². The van der Waals surface area contributed by atoms with Gasteiger partial charge < -0.3 is 19.1 Å². The highest BCUT2D eigenvalue weighted by molar-refractivity contribution is 5.96. The Hall–Kier alpha value is -3.28. The summed E-state index contributed by atoms with van der Waals surface area (Å²) in [7, 11) is 0. The van der Waals surface area contributed by atoms with Crippen LogP contribution in [0.5, 0.6) is 0 Å². The molecule has 6 heteroatoms. The predicted molar refractivity (Wildman–Crippen MR) is 91.7 cm³/mol. The maximum absolute atomic E-state index is 13.0. The number of nitrogens with one attached hydrogen (secondary N) is 1. The van der Waals surface area contributed by atoms with E-state index in [0.29, 0.717) is 35.9 Å². The van der Waals surface area contributed by atoms with E-state index in [4.69, 9.17) is 8.83 Å². The van der Waals surface area contributed by atoms with Crippen LogP contribution in [0.1, 0.15) is 28.8 Å². The van der Waals surface area contributed by atoms with Crippen LogP contribution in [-0.2, 0) is 17.9 Å². The predicted octanol–water partition coefficient (Wildman–Crippen LogP) is 3.67. The van der Waals surface area contributed by atoms with E-state index in [9.17, 15) is 9.59 Å². The summed E-state index contributed by atoms with van der Waals surface area (Å²) in [5.74, 6) is 0.989. The van der Waals surface area contributed by atoms with Gasteiger partial charge in [0.2, 0.25) is 5.91 Å². The normalized spacial score (nSPS) is 10.4. The van der Waals surface area contributed by atoms with Crippen molar-refractivity contribution in [2.24, 2.45) is 0 Å². The summed E-state index contributed by atoms with van der Waals surface area (Å²) >= 11 is 0. The molecule has 6 nitrogen and oxygen atoms in total. The minimum Gasteiger partial charge on any atom is -0.467 e. The highest BCUT2D eigenvalue weighted by Crippen LogP contribution is 2.17. The zero-order valence-corrected chi connectivity index (χ0v) is 13.8. The van der Waals surface area contributed by atoms with Crippen molar-refractivity contribution >= 4 is 17.5 Å². The summed E-state index contributed by atoms with van der Waals surface area (Å²) in [6.07, 6.45) is 3.14. The summed E-state index contributed by atoms with van der Waals surface area (Å²) in [5.41, 5.74) is 1.05. The Morgan fingerprint density at radius 1 is 0.960 bits per heavy atom. The number of carbonyl (C=O) groups excluding carboxylic acids is 2. The van der Waals surface area contributed by atoms with Crippen molar-refractivity contribution in [2.45, 2.75) is 20.0 Å². The molecule has 2 aromatic heterocycles. The van der Waals surface area contributed by atoms with Crippen LogP contribution < -0.4 is 5.32 Å². The van der Waals surface area contributed by atoms with Crippen molar-refractivity contribution in [1.82, 2.24) is 4.90 Å². The Morgan fingerprint density at radius 3 is 2.12 bits per heavy atom. The van der Waals surface area contributed by atoms with Crippen molar-refractivity contribution in [3.8, 4) is 0 Å². The number of hydrogen-bond donors (Lipinski definition) is 1. The fourth-order valence-corrected chi connectivity index (χ4v) is 2.50. The largest absolute Gasteiger partial charge is 0.467 e. The second-order valence-corrected chi connectivity index (χ2v) is 5.58. The molecule has 3 aromatic rings. The van der Waals surface area contributed by atoms with Gasteiger partial charge in [-0.2, -0.15) is 0 Å². The molecule has 3 rings (SSSR count). The topological polar surface area (TPSA) is 75.7 Å². The molecular formula is C19H18N2O4. The van der Waals surface area contributed by atoms with Crippen LogP contribution in [0, 0.1) is 0 Å². The van der Waals surface area contributed by atoms with Gasteiger partial charge >= 0.3 is 0 Å². The Bertz CT molecular complexity index is 802. The number of benzene rings is 1. The number of furan rings is 2. The van der Waals surface area contributed by atoms with Crippen molar-refractivity contribution in [3.05, 3.63) is 78.1 Å². The van der Waals surface area contributed by atoms with Crippen molar-refractivity contribution < 1.29 is 18.4 Å². The highest BCUT2D eigenvalue weighted by atomic mass is 16.3. The SMILES string of the molecule is CC(=O)Nc1cccc(C(=O)N(Cc2ccco2)Cc2ccco2)c1. The molecule has 0 aliphatic heterocycles. The van der Waals surface area contributed by atoms with Crippen LogP contribution in [-0.4, -0.2) is 16.7 Å². The fourth-order valence-electron chi connectivity index (χ4n) is 2.50. The van der Waals surface area contributed by atoms with E-state index in [1.807, 2.05) is 12.1 Å². The van der Waals surface area contributed by atoms with Gasteiger partial charge in [-0.1, -0.05) is 6.07 Å². The molecule has 0 saturated heterocycles. The third-order valence-corrected chi connectivity index (χ3v) is 3.57. The third kappa shape index (κ3) is 4.38. The van der Waals surface area contributed by atoms with Crippen molar-refractivity contribution in [2.75, 3.05) is 5.32 Å². The molecular weight excluding hydrogens is 320 g/mol. The van der Waals surface area contributed by atoms with Gasteiger partial charge in [0, 0.05) is 18.2 Å². The minimum atomic E-state index is -0.187. The van der Waals surface area contributed by atoms with Crippen LogP contribution >= 0.6 is 0 Å². The zero-order chi connectivity index (χ0) is 17.6. The van der Waals surface area contributed by atoms with Crippen LogP contribution in [0.4, 0.5) is 5.69 Å². The Kier molecular flexibility index (Phi) is 4.99. The Morgan fingerprint density at radius 2 is 1.60 bits per heavy atom. The summed E-state index contributed by atoms with van der Waals surface area (Å²) in [6.45, 7) is 2.06. The number of nitrogens with zero attached hydrogens (tertiary/aromatic N) is 1. The number of carbonyl (C=O) groups is 2. The lowest BCUT2D eigenvalue weighted by Gasteiger charge is -2.21. The molecule has 2 heterocycles. The highest BCUT2D eigenvalue weighted by Gasteiger charge is 2.19. The first-order valence-electron chi connectivity index (χ1n) is 7.83. The standard InChI is InChI=1S/C19H18N2O4/c1-14(22)20-16-6-2-5-15(11-16)19(23)21(12-17-7-3-9-24-17)13-18-8-4-10-25-18/h2-11H,12-13H2,1H3,(H,20,22). The van der Waals surface area contributed by atoms with Crippen LogP contribution in [0.2, 0.25) is 0 Å². The first kappa shape index (κ1) is 16.6. The number of amides is 2. The third-order valence-electron chi connectivity index (χ3n) is 3.57. The number of hydrogen-bond acceptors (Lipinski definition) is 4. The summed E-state index contributed by atoms with van der Waals surface area (Å²) < 4.78 is 10.7. The molecule has 0 radical (unpaired) electrons. The zero-order valence-electron chi connectivity index (χ0n) is 13.8. The van der Waals surface area contributed by atoms with Gasteiger partial charge in [-0.3, -0.25) is 9.59 Å². The second kappa shape index (κ2) is 7.53. The monoisotopic (exact) mass is 338 g/mol. The molecule has 1 N–H and O–H groups in total. The lowest BCUT2D eigenvalue weighted by molar-refractivity contribution is -0.114. The summed E-state index contributed by atoms with van der Waals surface area (Å²) in [4.78, 5) is 25.8. The fraction of sp³-hybridized carbons (Fsp3) is 0.158. The molecule has 128 valence electrons.